The van der Waals surface area contributed by atoms with Gasteiger partial charge in [-0.25, -0.2) is 0 Å². The number of tetrazole rings is 1. The van der Waals surface area contributed by atoms with Gasteiger partial charge in [-0.1, -0.05) is 36.0 Å². The molecule has 9 heteroatoms. The highest BCUT2D eigenvalue weighted by atomic mass is 32.2. The minimum Gasteiger partial charge on any atom is -0.486 e. The van der Waals surface area contributed by atoms with Gasteiger partial charge in [-0.2, -0.15) is 4.68 Å². The molecule has 0 atom stereocenters. The minimum absolute atomic E-state index is 0.0247. The van der Waals surface area contributed by atoms with Crippen LogP contribution in [0.5, 0.6) is 11.5 Å². The molecule has 1 aliphatic rings. The van der Waals surface area contributed by atoms with Crippen molar-refractivity contribution in [2.75, 3.05) is 25.5 Å². The van der Waals surface area contributed by atoms with E-state index < -0.39 is 0 Å². The summed E-state index contributed by atoms with van der Waals surface area (Å²) in [5.74, 6) is 1.76. The normalized spacial score (nSPS) is 12.6. The molecule has 0 saturated heterocycles. The number of ether oxygens (including phenoxy) is 2. The number of amides is 1. The highest BCUT2D eigenvalue weighted by molar-refractivity contribution is 7.99. The van der Waals surface area contributed by atoms with Crippen molar-refractivity contribution in [1.29, 1.82) is 0 Å². The van der Waals surface area contributed by atoms with Crippen LogP contribution >= 0.6 is 11.8 Å². The van der Waals surface area contributed by atoms with E-state index in [1.54, 1.807) is 9.58 Å². The number of aromatic nitrogens is 4. The van der Waals surface area contributed by atoms with Gasteiger partial charge >= 0.3 is 0 Å². The molecule has 1 aliphatic heterocycles. The van der Waals surface area contributed by atoms with Crippen LogP contribution < -0.4 is 9.47 Å². The lowest BCUT2D eigenvalue weighted by Gasteiger charge is -2.23. The SMILES string of the molecule is CCN(Cc1ccc2c(c1)OCCO2)C(=O)CSc1nnnn1-c1ccccc1C. The quantitative estimate of drug-likeness (QED) is 0.538. The molecule has 2 heterocycles. The molecule has 3 aromatic rings. The molecule has 0 bridgehead atoms. The van der Waals surface area contributed by atoms with Gasteiger partial charge < -0.3 is 14.4 Å². The molecule has 0 N–H and O–H groups in total. The molecule has 2 aromatic carbocycles. The Bertz CT molecular complexity index is 1040. The van der Waals surface area contributed by atoms with E-state index in [0.717, 1.165) is 28.3 Å². The van der Waals surface area contributed by atoms with E-state index in [1.807, 2.05) is 56.3 Å². The molecule has 0 saturated carbocycles. The van der Waals surface area contributed by atoms with Gasteiger partial charge in [-0.05, 0) is 53.6 Å². The lowest BCUT2D eigenvalue weighted by atomic mass is 10.2. The molecule has 1 aromatic heterocycles. The number of carbonyl (C=O) groups is 1. The topological polar surface area (TPSA) is 82.4 Å². The van der Waals surface area contributed by atoms with E-state index in [0.29, 0.717) is 31.5 Å². The van der Waals surface area contributed by atoms with Crippen LogP contribution in [0.3, 0.4) is 0 Å². The Kier molecular flexibility index (Phi) is 6.18. The van der Waals surface area contributed by atoms with Crippen LogP contribution in [0.2, 0.25) is 0 Å². The first-order chi connectivity index (χ1) is 14.7. The number of carbonyl (C=O) groups excluding carboxylic acids is 1. The highest BCUT2D eigenvalue weighted by Gasteiger charge is 2.18. The maximum absolute atomic E-state index is 12.8. The predicted octanol–water partition coefficient (Wildman–Crippen LogP) is 2.88. The summed E-state index contributed by atoms with van der Waals surface area (Å²) in [4.78, 5) is 14.7. The Morgan fingerprint density at radius 1 is 1.17 bits per heavy atom. The third kappa shape index (κ3) is 4.40. The molecule has 4 rings (SSSR count). The molecule has 0 spiro atoms. The van der Waals surface area contributed by atoms with Crippen molar-refractivity contribution in [1.82, 2.24) is 25.1 Å². The predicted molar refractivity (Wildman–Crippen MR) is 113 cm³/mol. The van der Waals surface area contributed by atoms with Gasteiger partial charge in [-0.15, -0.1) is 5.10 Å². The standard InChI is InChI=1S/C21H23N5O3S/c1-3-25(13-16-8-9-18-19(12-16)29-11-10-28-18)20(27)14-30-21-22-23-24-26(21)17-7-5-4-6-15(17)2/h4-9,12H,3,10-11,13-14H2,1-2H3. The fraction of sp³-hybridized carbons (Fsp3) is 0.333. The third-order valence-electron chi connectivity index (χ3n) is 4.82. The first-order valence-corrected chi connectivity index (χ1v) is 10.8. The van der Waals surface area contributed by atoms with Crippen molar-refractivity contribution in [2.45, 2.75) is 25.5 Å². The number of benzene rings is 2. The van der Waals surface area contributed by atoms with Gasteiger partial charge in [0.05, 0.1) is 11.4 Å². The number of para-hydroxylation sites is 1. The number of aryl methyl sites for hydroxylation is 1. The monoisotopic (exact) mass is 425 g/mol. The average Bonchev–Trinajstić information content (AvgIpc) is 3.24. The molecule has 8 nitrogen and oxygen atoms in total. The second-order valence-electron chi connectivity index (χ2n) is 6.83. The largest absolute Gasteiger partial charge is 0.486 e. The molecule has 156 valence electrons. The summed E-state index contributed by atoms with van der Waals surface area (Å²) in [5, 5.41) is 12.5. The smallest absolute Gasteiger partial charge is 0.233 e. The van der Waals surface area contributed by atoms with Crippen LogP contribution in [0.25, 0.3) is 5.69 Å². The number of hydrogen-bond acceptors (Lipinski definition) is 7. The molecule has 0 fully saturated rings. The van der Waals surface area contributed by atoms with Crippen LogP contribution in [0.1, 0.15) is 18.1 Å². The van der Waals surface area contributed by atoms with E-state index in [4.69, 9.17) is 9.47 Å². The Balaban J connectivity index is 1.41. The van der Waals surface area contributed by atoms with Crippen molar-refractivity contribution >= 4 is 17.7 Å². The summed E-state index contributed by atoms with van der Waals surface area (Å²) in [6, 6.07) is 13.7. The molecule has 0 aliphatic carbocycles. The second kappa shape index (κ2) is 9.17. The van der Waals surface area contributed by atoms with Gasteiger partial charge in [0.15, 0.2) is 11.5 Å². The molecular weight excluding hydrogens is 402 g/mol. The number of rotatable bonds is 7. The molecule has 30 heavy (non-hydrogen) atoms. The first-order valence-electron chi connectivity index (χ1n) is 9.79. The minimum atomic E-state index is 0.0247. The Morgan fingerprint density at radius 2 is 1.97 bits per heavy atom. The number of fused-ring (bicyclic) bond motifs is 1. The zero-order valence-electron chi connectivity index (χ0n) is 16.9. The maximum atomic E-state index is 12.8. The van der Waals surface area contributed by atoms with E-state index in [2.05, 4.69) is 15.5 Å². The number of thioether (sulfide) groups is 1. The summed E-state index contributed by atoms with van der Waals surface area (Å²) in [6.07, 6.45) is 0. The zero-order chi connectivity index (χ0) is 20.9. The van der Waals surface area contributed by atoms with E-state index in [9.17, 15) is 4.79 Å². The van der Waals surface area contributed by atoms with E-state index in [-0.39, 0.29) is 11.7 Å². The van der Waals surface area contributed by atoms with E-state index in [1.165, 1.54) is 11.8 Å². The molecule has 1 amide bonds. The summed E-state index contributed by atoms with van der Waals surface area (Å²) in [5.41, 5.74) is 2.97. The number of nitrogens with zero attached hydrogens (tertiary/aromatic N) is 5. The van der Waals surface area contributed by atoms with Crippen LogP contribution in [-0.2, 0) is 11.3 Å². The van der Waals surface area contributed by atoms with Crippen molar-refractivity contribution in [2.24, 2.45) is 0 Å². The molecular formula is C21H23N5O3S. The molecule has 0 unspecified atom stereocenters. The molecule has 0 radical (unpaired) electrons. The van der Waals surface area contributed by atoms with Gasteiger partial charge in [0.2, 0.25) is 11.1 Å². The van der Waals surface area contributed by atoms with Gasteiger partial charge in [0, 0.05) is 13.1 Å². The second-order valence-corrected chi connectivity index (χ2v) is 7.78. The highest BCUT2D eigenvalue weighted by Crippen LogP contribution is 2.31. The maximum Gasteiger partial charge on any atom is 0.233 e. The first kappa shape index (κ1) is 20.2. The summed E-state index contributed by atoms with van der Waals surface area (Å²) >= 11 is 1.33. The summed E-state index contributed by atoms with van der Waals surface area (Å²) < 4.78 is 12.9. The Morgan fingerprint density at radius 3 is 2.77 bits per heavy atom. The Labute approximate surface area is 179 Å². The van der Waals surface area contributed by atoms with Crippen LogP contribution in [0, 0.1) is 6.92 Å². The van der Waals surface area contributed by atoms with E-state index >= 15 is 0 Å². The van der Waals surface area contributed by atoms with Crippen molar-refractivity contribution in [3.05, 3.63) is 53.6 Å². The van der Waals surface area contributed by atoms with Crippen LogP contribution in [0.4, 0.5) is 0 Å². The van der Waals surface area contributed by atoms with Gasteiger partial charge in [0.25, 0.3) is 0 Å². The Hall–Kier alpha value is -3.07. The average molecular weight is 426 g/mol. The lowest BCUT2D eigenvalue weighted by molar-refractivity contribution is -0.128. The van der Waals surface area contributed by atoms with Crippen LogP contribution in [-0.4, -0.2) is 56.5 Å². The van der Waals surface area contributed by atoms with Gasteiger partial charge in [0.1, 0.15) is 13.2 Å². The van der Waals surface area contributed by atoms with Crippen molar-refractivity contribution < 1.29 is 14.3 Å². The van der Waals surface area contributed by atoms with Crippen LogP contribution in [0.15, 0.2) is 47.6 Å². The summed E-state index contributed by atoms with van der Waals surface area (Å²) in [6.45, 7) is 6.19. The van der Waals surface area contributed by atoms with Gasteiger partial charge in [-0.3, -0.25) is 4.79 Å². The third-order valence-corrected chi connectivity index (χ3v) is 5.73. The lowest BCUT2D eigenvalue weighted by Crippen LogP contribution is -2.31. The fourth-order valence-corrected chi connectivity index (χ4v) is 4.01. The fourth-order valence-electron chi connectivity index (χ4n) is 3.22. The summed E-state index contributed by atoms with van der Waals surface area (Å²) in [7, 11) is 0. The number of hydrogen-bond donors (Lipinski definition) is 0. The zero-order valence-corrected chi connectivity index (χ0v) is 17.8. The van der Waals surface area contributed by atoms with Crippen molar-refractivity contribution in [3.8, 4) is 17.2 Å². The van der Waals surface area contributed by atoms with Crippen molar-refractivity contribution in [3.63, 3.8) is 0 Å².